The van der Waals surface area contributed by atoms with E-state index in [4.69, 9.17) is 0 Å². The standard InChI is InChI=1S/C26H24FN3O2/c1-16-22(15-28)26(32)30(21-12-4-3-5-13-21)17(2)23(16)25(31)29-24(18-8-6-9-18)19-10-7-11-20(27)14-19/h3-5,7,10-14,18,24H,6,8-9H2,1-2H3,(H,29,31). The minimum atomic E-state index is -0.453. The second kappa shape index (κ2) is 8.80. The van der Waals surface area contributed by atoms with Gasteiger partial charge in [0, 0.05) is 11.4 Å². The molecule has 4 rings (SSSR count). The van der Waals surface area contributed by atoms with Crippen molar-refractivity contribution < 1.29 is 9.18 Å². The first-order chi connectivity index (χ1) is 15.4. The number of hydrogen-bond donors (Lipinski definition) is 1. The molecule has 1 aromatic heterocycles. The molecule has 0 bridgehead atoms. The largest absolute Gasteiger partial charge is 0.345 e. The molecule has 1 N–H and O–H groups in total. The van der Waals surface area contributed by atoms with Crippen molar-refractivity contribution in [2.45, 2.75) is 39.2 Å². The number of amides is 1. The number of aromatic nitrogens is 1. The average Bonchev–Trinajstić information content (AvgIpc) is 2.73. The number of hydrogen-bond acceptors (Lipinski definition) is 3. The van der Waals surface area contributed by atoms with E-state index in [1.807, 2.05) is 18.2 Å². The lowest BCUT2D eigenvalue weighted by molar-refractivity contribution is 0.0898. The van der Waals surface area contributed by atoms with E-state index in [9.17, 15) is 19.2 Å². The fraction of sp³-hybridized carbons (Fsp3) is 0.269. The van der Waals surface area contributed by atoms with Crippen LogP contribution >= 0.6 is 0 Å². The van der Waals surface area contributed by atoms with Crippen LogP contribution in [0.3, 0.4) is 0 Å². The third-order valence-electron chi connectivity index (χ3n) is 6.33. The number of nitriles is 1. The first-order valence-electron chi connectivity index (χ1n) is 10.7. The zero-order valence-electron chi connectivity index (χ0n) is 18.1. The van der Waals surface area contributed by atoms with Gasteiger partial charge in [-0.2, -0.15) is 5.26 Å². The number of pyridine rings is 1. The molecular formula is C26H24FN3O2. The Bertz CT molecular complexity index is 1270. The van der Waals surface area contributed by atoms with Crippen molar-refractivity contribution in [3.05, 3.63) is 98.7 Å². The molecule has 3 aromatic rings. The number of benzene rings is 2. The SMILES string of the molecule is Cc1c(C(=O)NC(c2cccc(F)c2)C2CCC2)c(C)n(-c2ccccc2)c(=O)c1C#N. The summed E-state index contributed by atoms with van der Waals surface area (Å²) in [5.74, 6) is -0.503. The lowest BCUT2D eigenvalue weighted by Crippen LogP contribution is -2.38. The molecule has 0 spiro atoms. The minimum absolute atomic E-state index is 0.0597. The van der Waals surface area contributed by atoms with Crippen LogP contribution < -0.4 is 10.9 Å². The van der Waals surface area contributed by atoms with E-state index in [2.05, 4.69) is 5.32 Å². The molecule has 1 aliphatic carbocycles. The van der Waals surface area contributed by atoms with Gasteiger partial charge < -0.3 is 5.32 Å². The predicted molar refractivity (Wildman–Crippen MR) is 120 cm³/mol. The molecule has 1 amide bonds. The van der Waals surface area contributed by atoms with Crippen LogP contribution in [0.1, 0.15) is 58.0 Å². The molecule has 0 aliphatic heterocycles. The van der Waals surface area contributed by atoms with Gasteiger partial charge in [-0.3, -0.25) is 14.2 Å². The van der Waals surface area contributed by atoms with Gasteiger partial charge in [0.25, 0.3) is 11.5 Å². The van der Waals surface area contributed by atoms with Gasteiger partial charge in [0.2, 0.25) is 0 Å². The van der Waals surface area contributed by atoms with Gasteiger partial charge in [0.1, 0.15) is 17.4 Å². The van der Waals surface area contributed by atoms with Gasteiger partial charge in [0.15, 0.2) is 0 Å². The second-order valence-corrected chi connectivity index (χ2v) is 8.25. The Labute approximate surface area is 186 Å². The van der Waals surface area contributed by atoms with Gasteiger partial charge in [0.05, 0.1) is 11.6 Å². The summed E-state index contributed by atoms with van der Waals surface area (Å²) in [6, 6.07) is 16.9. The summed E-state index contributed by atoms with van der Waals surface area (Å²) in [5.41, 5.74) is 1.90. The number of carbonyl (C=O) groups is 1. The normalized spacial score (nSPS) is 14.3. The summed E-state index contributed by atoms with van der Waals surface area (Å²) < 4.78 is 15.3. The number of para-hydroxylation sites is 1. The number of halogens is 1. The lowest BCUT2D eigenvalue weighted by atomic mass is 9.77. The lowest BCUT2D eigenvalue weighted by Gasteiger charge is -2.35. The highest BCUT2D eigenvalue weighted by Gasteiger charge is 2.32. The average molecular weight is 429 g/mol. The summed E-state index contributed by atoms with van der Waals surface area (Å²) in [7, 11) is 0. The van der Waals surface area contributed by atoms with Gasteiger partial charge in [-0.05, 0) is 68.0 Å². The van der Waals surface area contributed by atoms with E-state index >= 15 is 0 Å². The number of nitrogens with one attached hydrogen (secondary N) is 1. The van der Waals surface area contributed by atoms with E-state index in [1.165, 1.54) is 16.7 Å². The zero-order valence-corrected chi connectivity index (χ0v) is 18.1. The van der Waals surface area contributed by atoms with Crippen molar-refractivity contribution in [2.75, 3.05) is 0 Å². The van der Waals surface area contributed by atoms with E-state index in [0.717, 1.165) is 24.8 Å². The van der Waals surface area contributed by atoms with Crippen LogP contribution in [0.5, 0.6) is 0 Å². The van der Waals surface area contributed by atoms with E-state index in [-0.39, 0.29) is 29.2 Å². The Hall–Kier alpha value is -3.72. The second-order valence-electron chi connectivity index (χ2n) is 8.25. The quantitative estimate of drug-likeness (QED) is 0.637. The van der Waals surface area contributed by atoms with E-state index < -0.39 is 5.56 Å². The van der Waals surface area contributed by atoms with E-state index in [1.54, 1.807) is 44.2 Å². The van der Waals surface area contributed by atoms with Crippen molar-refractivity contribution in [1.82, 2.24) is 9.88 Å². The van der Waals surface area contributed by atoms with Gasteiger partial charge in [-0.1, -0.05) is 36.8 Å². The highest BCUT2D eigenvalue weighted by Crippen LogP contribution is 2.38. The molecular weight excluding hydrogens is 405 g/mol. The van der Waals surface area contributed by atoms with Crippen molar-refractivity contribution in [3.63, 3.8) is 0 Å². The Balaban J connectivity index is 1.81. The fourth-order valence-electron chi connectivity index (χ4n) is 4.45. The molecule has 0 saturated heterocycles. The third kappa shape index (κ3) is 3.82. The van der Waals surface area contributed by atoms with Crippen molar-refractivity contribution in [2.24, 2.45) is 5.92 Å². The maximum absolute atomic E-state index is 13.9. The summed E-state index contributed by atoms with van der Waals surface area (Å²) in [4.78, 5) is 26.6. The first-order valence-corrected chi connectivity index (χ1v) is 10.7. The van der Waals surface area contributed by atoms with Crippen LogP contribution in [0.2, 0.25) is 0 Å². The van der Waals surface area contributed by atoms with E-state index in [0.29, 0.717) is 22.5 Å². The fourth-order valence-corrected chi connectivity index (χ4v) is 4.45. The summed E-state index contributed by atoms with van der Waals surface area (Å²) in [6.07, 6.45) is 2.97. The Morgan fingerprint density at radius 2 is 1.88 bits per heavy atom. The zero-order chi connectivity index (χ0) is 22.8. The Morgan fingerprint density at radius 3 is 2.47 bits per heavy atom. The molecule has 2 aromatic carbocycles. The van der Waals surface area contributed by atoms with Gasteiger partial charge in [-0.15, -0.1) is 0 Å². The summed E-state index contributed by atoms with van der Waals surface area (Å²) >= 11 is 0. The van der Waals surface area contributed by atoms with Crippen molar-refractivity contribution in [3.8, 4) is 11.8 Å². The van der Waals surface area contributed by atoms with Crippen molar-refractivity contribution >= 4 is 5.91 Å². The Morgan fingerprint density at radius 1 is 1.16 bits per heavy atom. The monoisotopic (exact) mass is 429 g/mol. The molecule has 162 valence electrons. The van der Waals surface area contributed by atoms with Gasteiger partial charge in [-0.25, -0.2) is 4.39 Å². The van der Waals surface area contributed by atoms with Crippen LogP contribution in [0.4, 0.5) is 4.39 Å². The number of nitrogens with zero attached hydrogens (tertiary/aromatic N) is 2. The summed E-state index contributed by atoms with van der Waals surface area (Å²) in [5, 5.41) is 12.7. The topological polar surface area (TPSA) is 74.9 Å². The van der Waals surface area contributed by atoms with Gasteiger partial charge >= 0.3 is 0 Å². The molecule has 1 saturated carbocycles. The molecule has 32 heavy (non-hydrogen) atoms. The number of carbonyl (C=O) groups excluding carboxylic acids is 1. The molecule has 5 nitrogen and oxygen atoms in total. The number of rotatable bonds is 5. The highest BCUT2D eigenvalue weighted by molar-refractivity contribution is 5.97. The molecule has 1 fully saturated rings. The smallest absolute Gasteiger partial charge is 0.273 e. The molecule has 0 radical (unpaired) electrons. The molecule has 1 aliphatic rings. The van der Waals surface area contributed by atoms with Crippen LogP contribution in [0, 0.1) is 36.9 Å². The first kappa shape index (κ1) is 21.5. The highest BCUT2D eigenvalue weighted by atomic mass is 19.1. The Kier molecular flexibility index (Phi) is 5.91. The summed E-state index contributed by atoms with van der Waals surface area (Å²) in [6.45, 7) is 3.33. The third-order valence-corrected chi connectivity index (χ3v) is 6.33. The van der Waals surface area contributed by atoms with Crippen LogP contribution in [0.25, 0.3) is 5.69 Å². The van der Waals surface area contributed by atoms with Crippen molar-refractivity contribution in [1.29, 1.82) is 5.26 Å². The molecule has 6 heteroatoms. The maximum atomic E-state index is 13.9. The molecule has 1 unspecified atom stereocenters. The van der Waals surface area contributed by atoms with Crippen LogP contribution in [-0.4, -0.2) is 10.5 Å². The molecule has 1 heterocycles. The maximum Gasteiger partial charge on any atom is 0.273 e. The minimum Gasteiger partial charge on any atom is -0.345 e. The molecule has 1 atom stereocenters. The van der Waals surface area contributed by atoms with Crippen LogP contribution in [0.15, 0.2) is 59.4 Å². The predicted octanol–water partition coefficient (Wildman–Crippen LogP) is 4.74. The van der Waals surface area contributed by atoms with Crippen LogP contribution in [-0.2, 0) is 0 Å².